The molecular weight excluding hydrogens is 294 g/mol. The molecule has 0 spiro atoms. The summed E-state index contributed by atoms with van der Waals surface area (Å²) in [6.45, 7) is 7.82. The second-order valence-electron chi connectivity index (χ2n) is 6.37. The van der Waals surface area contributed by atoms with Crippen molar-refractivity contribution in [3.63, 3.8) is 0 Å². The third-order valence-electron chi connectivity index (χ3n) is 3.80. The van der Waals surface area contributed by atoms with Crippen LogP contribution in [0.3, 0.4) is 0 Å². The standard InChI is InChI=1S/C17H25N3O3/c1-5-8-19-15(21)10-20-13-9-12(11(2)18)6-7-14(13)23-17(3,4)16(20)22/h6-7,9,11H,5,8,10,18H2,1-4H3,(H,19,21). The van der Waals surface area contributed by atoms with Crippen molar-refractivity contribution < 1.29 is 14.3 Å². The molecule has 1 aromatic rings. The first-order valence-corrected chi connectivity index (χ1v) is 7.93. The van der Waals surface area contributed by atoms with E-state index in [-0.39, 0.29) is 24.4 Å². The van der Waals surface area contributed by atoms with Crippen LogP contribution in [0.25, 0.3) is 0 Å². The van der Waals surface area contributed by atoms with Gasteiger partial charge in [-0.25, -0.2) is 0 Å². The Bertz CT molecular complexity index is 611. The minimum absolute atomic E-state index is 0.0268. The van der Waals surface area contributed by atoms with E-state index in [2.05, 4.69) is 5.32 Å². The summed E-state index contributed by atoms with van der Waals surface area (Å²) in [4.78, 5) is 26.3. The molecule has 0 aliphatic carbocycles. The van der Waals surface area contributed by atoms with Crippen molar-refractivity contribution in [3.05, 3.63) is 23.8 Å². The van der Waals surface area contributed by atoms with Gasteiger partial charge in [-0.1, -0.05) is 13.0 Å². The Morgan fingerprint density at radius 2 is 2.13 bits per heavy atom. The van der Waals surface area contributed by atoms with Crippen LogP contribution in [0, 0.1) is 0 Å². The number of nitrogens with one attached hydrogen (secondary N) is 1. The van der Waals surface area contributed by atoms with Gasteiger partial charge in [-0.05, 0) is 44.9 Å². The van der Waals surface area contributed by atoms with Gasteiger partial charge in [-0.2, -0.15) is 0 Å². The van der Waals surface area contributed by atoms with E-state index in [1.807, 2.05) is 26.0 Å². The van der Waals surface area contributed by atoms with Crippen molar-refractivity contribution in [2.24, 2.45) is 5.73 Å². The summed E-state index contributed by atoms with van der Waals surface area (Å²) in [7, 11) is 0. The molecule has 0 fully saturated rings. The van der Waals surface area contributed by atoms with Crippen LogP contribution in [-0.4, -0.2) is 30.5 Å². The molecule has 2 amide bonds. The lowest BCUT2D eigenvalue weighted by molar-refractivity contribution is -0.134. The molecule has 3 N–H and O–H groups in total. The first-order chi connectivity index (χ1) is 10.8. The maximum Gasteiger partial charge on any atom is 0.271 e. The van der Waals surface area contributed by atoms with Crippen molar-refractivity contribution >= 4 is 17.5 Å². The summed E-state index contributed by atoms with van der Waals surface area (Å²) in [5.74, 6) is 0.163. The maximum atomic E-state index is 12.7. The summed E-state index contributed by atoms with van der Waals surface area (Å²) in [5, 5.41) is 2.80. The SMILES string of the molecule is CCCNC(=O)CN1C(=O)C(C)(C)Oc2ccc(C(C)N)cc21. The predicted molar refractivity (Wildman–Crippen MR) is 89.4 cm³/mol. The van der Waals surface area contributed by atoms with Gasteiger partial charge < -0.3 is 15.8 Å². The van der Waals surface area contributed by atoms with Crippen molar-refractivity contribution in [1.82, 2.24) is 5.32 Å². The molecule has 1 heterocycles. The van der Waals surface area contributed by atoms with Crippen molar-refractivity contribution in [2.75, 3.05) is 18.0 Å². The molecule has 0 saturated carbocycles. The third kappa shape index (κ3) is 3.64. The number of amides is 2. The van der Waals surface area contributed by atoms with Crippen LogP contribution in [0.5, 0.6) is 5.75 Å². The largest absolute Gasteiger partial charge is 0.476 e. The van der Waals surface area contributed by atoms with Gasteiger partial charge in [-0.15, -0.1) is 0 Å². The average molecular weight is 319 g/mol. The first-order valence-electron chi connectivity index (χ1n) is 7.93. The Kier molecular flexibility index (Phi) is 4.94. The molecule has 1 aliphatic heterocycles. The molecule has 1 aliphatic rings. The quantitative estimate of drug-likeness (QED) is 0.866. The van der Waals surface area contributed by atoms with E-state index >= 15 is 0 Å². The van der Waals surface area contributed by atoms with Gasteiger partial charge >= 0.3 is 0 Å². The molecule has 1 atom stereocenters. The molecule has 0 bridgehead atoms. The molecule has 6 nitrogen and oxygen atoms in total. The lowest BCUT2D eigenvalue weighted by Crippen LogP contribution is -2.55. The summed E-state index contributed by atoms with van der Waals surface area (Å²) in [6.07, 6.45) is 0.847. The lowest BCUT2D eigenvalue weighted by atomic mass is 10.0. The zero-order valence-electron chi connectivity index (χ0n) is 14.2. The molecule has 0 radical (unpaired) electrons. The Labute approximate surface area is 137 Å². The summed E-state index contributed by atoms with van der Waals surface area (Å²) in [5.41, 5.74) is 6.40. The van der Waals surface area contributed by atoms with Gasteiger partial charge in [0.1, 0.15) is 12.3 Å². The normalized spacial score (nSPS) is 17.3. The predicted octanol–water partition coefficient (Wildman–Crippen LogP) is 1.74. The van der Waals surface area contributed by atoms with Crippen LogP contribution in [0.2, 0.25) is 0 Å². The minimum Gasteiger partial charge on any atom is -0.476 e. The number of hydrogen-bond donors (Lipinski definition) is 2. The third-order valence-corrected chi connectivity index (χ3v) is 3.80. The summed E-state index contributed by atoms with van der Waals surface area (Å²) >= 11 is 0. The second-order valence-corrected chi connectivity index (χ2v) is 6.37. The Balaban J connectivity index is 2.37. The van der Waals surface area contributed by atoms with Gasteiger partial charge in [0.05, 0.1) is 5.69 Å². The van der Waals surface area contributed by atoms with E-state index in [1.165, 1.54) is 4.90 Å². The van der Waals surface area contributed by atoms with Crippen LogP contribution in [0.15, 0.2) is 18.2 Å². The number of nitrogens with zero attached hydrogens (tertiary/aromatic N) is 1. The van der Waals surface area contributed by atoms with E-state index in [0.29, 0.717) is 18.0 Å². The minimum atomic E-state index is -1.01. The van der Waals surface area contributed by atoms with Crippen molar-refractivity contribution in [3.8, 4) is 5.75 Å². The van der Waals surface area contributed by atoms with Crippen LogP contribution < -0.4 is 20.7 Å². The van der Waals surface area contributed by atoms with Crippen LogP contribution in [0.4, 0.5) is 5.69 Å². The molecule has 6 heteroatoms. The number of rotatable bonds is 5. The van der Waals surface area contributed by atoms with Gasteiger partial charge in [-0.3, -0.25) is 14.5 Å². The highest BCUT2D eigenvalue weighted by Gasteiger charge is 2.41. The number of hydrogen-bond acceptors (Lipinski definition) is 4. The zero-order chi connectivity index (χ0) is 17.2. The second kappa shape index (κ2) is 6.58. The molecule has 0 aromatic heterocycles. The number of carbonyl (C=O) groups excluding carboxylic acids is 2. The summed E-state index contributed by atoms with van der Waals surface area (Å²) in [6, 6.07) is 5.34. The number of carbonyl (C=O) groups is 2. The van der Waals surface area contributed by atoms with E-state index in [1.54, 1.807) is 19.9 Å². The average Bonchev–Trinajstić information content (AvgIpc) is 2.49. The highest BCUT2D eigenvalue weighted by atomic mass is 16.5. The van der Waals surface area contributed by atoms with Crippen LogP contribution in [-0.2, 0) is 9.59 Å². The number of nitrogens with two attached hydrogens (primary N) is 1. The van der Waals surface area contributed by atoms with E-state index in [9.17, 15) is 9.59 Å². The molecule has 2 rings (SSSR count). The lowest BCUT2D eigenvalue weighted by Gasteiger charge is -2.38. The smallest absolute Gasteiger partial charge is 0.271 e. The van der Waals surface area contributed by atoms with E-state index in [0.717, 1.165) is 12.0 Å². The van der Waals surface area contributed by atoms with Gasteiger partial charge in [0.15, 0.2) is 5.60 Å². The Morgan fingerprint density at radius 3 is 2.74 bits per heavy atom. The fraction of sp³-hybridized carbons (Fsp3) is 0.529. The molecule has 1 aromatic carbocycles. The zero-order valence-corrected chi connectivity index (χ0v) is 14.2. The number of anilines is 1. The Hall–Kier alpha value is -2.08. The number of fused-ring (bicyclic) bond motifs is 1. The summed E-state index contributed by atoms with van der Waals surface area (Å²) < 4.78 is 5.80. The number of ether oxygens (including phenoxy) is 1. The van der Waals surface area contributed by atoms with Crippen molar-refractivity contribution in [1.29, 1.82) is 0 Å². The fourth-order valence-corrected chi connectivity index (χ4v) is 2.49. The molecule has 23 heavy (non-hydrogen) atoms. The molecule has 1 unspecified atom stereocenters. The van der Waals surface area contributed by atoms with Gasteiger partial charge in [0, 0.05) is 12.6 Å². The Morgan fingerprint density at radius 1 is 1.43 bits per heavy atom. The highest BCUT2D eigenvalue weighted by molar-refractivity contribution is 6.05. The van der Waals surface area contributed by atoms with Crippen LogP contribution >= 0.6 is 0 Å². The molecule has 0 saturated heterocycles. The van der Waals surface area contributed by atoms with E-state index in [4.69, 9.17) is 10.5 Å². The van der Waals surface area contributed by atoms with E-state index < -0.39 is 5.60 Å². The maximum absolute atomic E-state index is 12.7. The van der Waals surface area contributed by atoms with Crippen LogP contribution in [0.1, 0.15) is 45.7 Å². The number of benzene rings is 1. The fourth-order valence-electron chi connectivity index (χ4n) is 2.49. The van der Waals surface area contributed by atoms with Crippen molar-refractivity contribution in [2.45, 2.75) is 45.8 Å². The monoisotopic (exact) mass is 319 g/mol. The molecular formula is C17H25N3O3. The van der Waals surface area contributed by atoms with Gasteiger partial charge in [0.2, 0.25) is 5.91 Å². The molecule has 126 valence electrons. The topological polar surface area (TPSA) is 84.7 Å². The van der Waals surface area contributed by atoms with Gasteiger partial charge in [0.25, 0.3) is 5.91 Å². The highest BCUT2D eigenvalue weighted by Crippen LogP contribution is 2.39. The first kappa shape index (κ1) is 17.3.